The monoisotopic (exact) mass is 415 g/mol. The van der Waals surface area contributed by atoms with Crippen molar-refractivity contribution in [2.24, 2.45) is 5.11 Å². The molecule has 0 aromatic heterocycles. The molecule has 2 rings (SSSR count). The van der Waals surface area contributed by atoms with Crippen LogP contribution in [0.25, 0.3) is 10.4 Å². The average Bonchev–Trinajstić information content (AvgIpc) is 2.65. The van der Waals surface area contributed by atoms with Gasteiger partial charge in [0.25, 0.3) is 0 Å². The number of alkyl halides is 3. The lowest BCUT2D eigenvalue weighted by atomic mass is 10.1. The zero-order valence-corrected chi connectivity index (χ0v) is 15.2. The third-order valence-electron chi connectivity index (χ3n) is 3.50. The Labute approximate surface area is 162 Å². The standard InChI is InChI=1S/C17H13F4N3O3S/c1-25-16(28)27-15-4-2-3-13(17(19,20)21)12(15)9-26-14-6-5-11(18)7-10(14)8-23-24-22/h2-7H,8-9H2,1H3. The molecular weight excluding hydrogens is 402 g/mol. The van der Waals surface area contributed by atoms with E-state index in [1.165, 1.54) is 19.2 Å². The lowest BCUT2D eigenvalue weighted by Gasteiger charge is -2.18. The van der Waals surface area contributed by atoms with Crippen molar-refractivity contribution < 1.29 is 31.8 Å². The van der Waals surface area contributed by atoms with Crippen LogP contribution in [0.15, 0.2) is 41.5 Å². The number of thiocarbonyl (C=S) groups is 1. The minimum atomic E-state index is -4.68. The first-order valence-corrected chi connectivity index (χ1v) is 8.04. The van der Waals surface area contributed by atoms with Crippen molar-refractivity contribution in [3.63, 3.8) is 0 Å². The number of halogens is 4. The highest BCUT2D eigenvalue weighted by Gasteiger charge is 2.35. The van der Waals surface area contributed by atoms with Gasteiger partial charge in [0.2, 0.25) is 0 Å². The van der Waals surface area contributed by atoms with Gasteiger partial charge in [-0.3, -0.25) is 0 Å². The molecule has 0 amide bonds. The molecule has 0 radical (unpaired) electrons. The van der Waals surface area contributed by atoms with Gasteiger partial charge in [-0.05, 0) is 35.9 Å². The lowest BCUT2D eigenvalue weighted by Crippen LogP contribution is -2.15. The van der Waals surface area contributed by atoms with Crippen LogP contribution in [0.1, 0.15) is 16.7 Å². The van der Waals surface area contributed by atoms with Crippen LogP contribution < -0.4 is 9.47 Å². The summed E-state index contributed by atoms with van der Waals surface area (Å²) in [4.78, 5) is 2.57. The van der Waals surface area contributed by atoms with Gasteiger partial charge in [-0.15, -0.1) is 0 Å². The van der Waals surface area contributed by atoms with E-state index < -0.39 is 24.2 Å². The molecule has 0 aliphatic carbocycles. The molecule has 0 aliphatic rings. The molecular formula is C17H13F4N3O3S. The fourth-order valence-electron chi connectivity index (χ4n) is 2.28. The summed E-state index contributed by atoms with van der Waals surface area (Å²) < 4.78 is 68.9. The molecule has 148 valence electrons. The summed E-state index contributed by atoms with van der Waals surface area (Å²) in [5.74, 6) is -0.743. The van der Waals surface area contributed by atoms with Gasteiger partial charge >= 0.3 is 11.4 Å². The Morgan fingerprint density at radius 3 is 2.61 bits per heavy atom. The summed E-state index contributed by atoms with van der Waals surface area (Å²) >= 11 is 4.74. The summed E-state index contributed by atoms with van der Waals surface area (Å²) in [6.45, 7) is -0.798. The molecule has 0 fully saturated rings. The third kappa shape index (κ3) is 5.48. The quantitative estimate of drug-likeness (QED) is 0.204. The summed E-state index contributed by atoms with van der Waals surface area (Å²) in [6.07, 6.45) is -4.68. The lowest BCUT2D eigenvalue weighted by molar-refractivity contribution is -0.138. The van der Waals surface area contributed by atoms with Crippen molar-refractivity contribution >= 4 is 17.5 Å². The molecule has 0 N–H and O–H groups in total. The number of rotatable bonds is 6. The first-order chi connectivity index (χ1) is 13.3. The van der Waals surface area contributed by atoms with Crippen LogP contribution in [-0.4, -0.2) is 12.3 Å². The normalized spacial score (nSPS) is 10.8. The van der Waals surface area contributed by atoms with E-state index in [-0.39, 0.29) is 34.4 Å². The van der Waals surface area contributed by atoms with Gasteiger partial charge < -0.3 is 14.2 Å². The molecule has 0 spiro atoms. The predicted octanol–water partition coefficient (Wildman–Crippen LogP) is 5.54. The Morgan fingerprint density at radius 2 is 1.96 bits per heavy atom. The van der Waals surface area contributed by atoms with E-state index in [1.807, 2.05) is 0 Å². The number of hydrogen-bond acceptors (Lipinski definition) is 5. The number of benzene rings is 2. The van der Waals surface area contributed by atoms with Crippen molar-refractivity contribution in [2.45, 2.75) is 19.3 Å². The maximum atomic E-state index is 13.4. The molecule has 0 aliphatic heterocycles. The Bertz CT molecular complexity index is 915. The predicted molar refractivity (Wildman–Crippen MR) is 95.3 cm³/mol. The van der Waals surface area contributed by atoms with Gasteiger partial charge in [-0.1, -0.05) is 11.2 Å². The molecule has 11 heteroatoms. The number of nitrogens with zero attached hydrogens (tertiary/aromatic N) is 3. The fourth-order valence-corrected chi connectivity index (χ4v) is 2.37. The number of hydrogen-bond donors (Lipinski definition) is 0. The Morgan fingerprint density at radius 1 is 1.21 bits per heavy atom. The summed E-state index contributed by atoms with van der Waals surface area (Å²) in [5, 5.41) is 2.95. The van der Waals surface area contributed by atoms with E-state index in [1.54, 1.807) is 0 Å². The Hall–Kier alpha value is -3.04. The topological polar surface area (TPSA) is 76.5 Å². The molecule has 0 saturated carbocycles. The highest BCUT2D eigenvalue weighted by molar-refractivity contribution is 7.79. The molecule has 0 bridgehead atoms. The largest absolute Gasteiger partial charge is 0.488 e. The second kappa shape index (κ2) is 9.25. The molecule has 2 aromatic carbocycles. The number of azide groups is 1. The SMILES string of the molecule is COC(=S)Oc1cccc(C(F)(F)F)c1COc1ccc(F)cc1CN=[N+]=[N-]. The van der Waals surface area contributed by atoms with Crippen molar-refractivity contribution in [3.05, 3.63) is 69.3 Å². The van der Waals surface area contributed by atoms with E-state index >= 15 is 0 Å². The van der Waals surface area contributed by atoms with Crippen LogP contribution in [0.3, 0.4) is 0 Å². The molecule has 2 aromatic rings. The van der Waals surface area contributed by atoms with E-state index in [0.717, 1.165) is 24.3 Å². The highest BCUT2D eigenvalue weighted by Crippen LogP contribution is 2.37. The van der Waals surface area contributed by atoms with Gasteiger partial charge in [0.05, 0.1) is 19.2 Å². The maximum Gasteiger partial charge on any atom is 0.416 e. The summed E-state index contributed by atoms with van der Waals surface area (Å²) in [7, 11) is 1.21. The fraction of sp³-hybridized carbons (Fsp3) is 0.235. The molecule has 0 saturated heterocycles. The van der Waals surface area contributed by atoms with Crippen molar-refractivity contribution in [1.82, 2.24) is 0 Å². The second-order valence-electron chi connectivity index (χ2n) is 5.27. The van der Waals surface area contributed by atoms with Crippen LogP contribution in [0.5, 0.6) is 11.5 Å². The average molecular weight is 415 g/mol. The van der Waals surface area contributed by atoms with Crippen LogP contribution in [0.4, 0.5) is 17.6 Å². The van der Waals surface area contributed by atoms with Crippen LogP contribution in [0.2, 0.25) is 0 Å². The van der Waals surface area contributed by atoms with E-state index in [2.05, 4.69) is 14.8 Å². The van der Waals surface area contributed by atoms with Gasteiger partial charge in [-0.25, -0.2) is 4.39 Å². The number of methoxy groups -OCH3 is 1. The van der Waals surface area contributed by atoms with Crippen LogP contribution in [-0.2, 0) is 24.1 Å². The molecule has 0 heterocycles. The molecule has 28 heavy (non-hydrogen) atoms. The second-order valence-corrected chi connectivity index (χ2v) is 5.60. The van der Waals surface area contributed by atoms with Gasteiger partial charge in [-0.2, -0.15) is 13.2 Å². The van der Waals surface area contributed by atoms with Crippen molar-refractivity contribution in [2.75, 3.05) is 7.11 Å². The van der Waals surface area contributed by atoms with Crippen LogP contribution >= 0.6 is 12.2 Å². The highest BCUT2D eigenvalue weighted by atomic mass is 32.1. The van der Waals surface area contributed by atoms with E-state index in [0.29, 0.717) is 0 Å². The van der Waals surface area contributed by atoms with Gasteiger partial charge in [0.1, 0.15) is 23.9 Å². The third-order valence-corrected chi connectivity index (χ3v) is 3.75. The maximum absolute atomic E-state index is 13.4. The molecule has 0 atom stereocenters. The van der Waals surface area contributed by atoms with Gasteiger partial charge in [0, 0.05) is 28.3 Å². The van der Waals surface area contributed by atoms with Crippen molar-refractivity contribution in [3.8, 4) is 11.5 Å². The zero-order chi connectivity index (χ0) is 20.7. The van der Waals surface area contributed by atoms with E-state index in [9.17, 15) is 17.6 Å². The van der Waals surface area contributed by atoms with Crippen molar-refractivity contribution in [1.29, 1.82) is 0 Å². The van der Waals surface area contributed by atoms with Gasteiger partial charge in [0.15, 0.2) is 0 Å². The molecule has 6 nitrogen and oxygen atoms in total. The smallest absolute Gasteiger partial charge is 0.416 e. The minimum Gasteiger partial charge on any atom is -0.488 e. The Kier molecular flexibility index (Phi) is 7.02. The first kappa shape index (κ1) is 21.3. The number of ether oxygens (including phenoxy) is 3. The minimum absolute atomic E-state index is 0.0612. The zero-order valence-electron chi connectivity index (χ0n) is 14.4. The summed E-state index contributed by atoms with van der Waals surface area (Å²) in [5.41, 5.74) is 7.29. The van der Waals surface area contributed by atoms with Crippen LogP contribution in [0, 0.1) is 5.82 Å². The van der Waals surface area contributed by atoms with E-state index in [4.69, 9.17) is 27.2 Å². The molecule has 0 unspecified atom stereocenters. The summed E-state index contributed by atoms with van der Waals surface area (Å²) in [6, 6.07) is 6.68. The first-order valence-electron chi connectivity index (χ1n) is 7.63. The Balaban J connectivity index is 2.40.